The minimum Gasteiger partial charge on any atom is -0.493 e. The number of hydrogen-bond donors (Lipinski definition) is 2. The van der Waals surface area contributed by atoms with Crippen LogP contribution < -0.4 is 15.6 Å². The smallest absolute Gasteiger partial charge is 0.300 e. The summed E-state index contributed by atoms with van der Waals surface area (Å²) < 4.78 is 7.67. The highest BCUT2D eigenvalue weighted by Crippen LogP contribution is 2.35. The van der Waals surface area contributed by atoms with Crippen LogP contribution in [0.4, 0.5) is 0 Å². The van der Waals surface area contributed by atoms with E-state index < -0.39 is 5.97 Å². The van der Waals surface area contributed by atoms with Crippen LogP contribution >= 0.6 is 0 Å². The number of hydrogen-bond acceptors (Lipinski definition) is 4. The van der Waals surface area contributed by atoms with Gasteiger partial charge in [-0.05, 0) is 47.7 Å². The first kappa shape index (κ1) is 17.8. The van der Waals surface area contributed by atoms with Gasteiger partial charge in [0.05, 0.1) is 6.61 Å². The van der Waals surface area contributed by atoms with Crippen LogP contribution in [-0.4, -0.2) is 35.3 Å². The van der Waals surface area contributed by atoms with Crippen LogP contribution in [0.25, 0.3) is 11.1 Å². The molecule has 1 aromatic heterocycles. The van der Waals surface area contributed by atoms with Crippen molar-refractivity contribution < 1.29 is 14.6 Å². The number of fused-ring (bicyclic) bond motifs is 5. The Morgan fingerprint density at radius 1 is 1.22 bits per heavy atom. The quantitative estimate of drug-likeness (QED) is 0.807. The summed E-state index contributed by atoms with van der Waals surface area (Å²) >= 11 is 0. The highest BCUT2D eigenvalue weighted by atomic mass is 16.5. The molecule has 2 N–H and O–H groups in total. The minimum atomic E-state index is -0.833. The highest BCUT2D eigenvalue weighted by Gasteiger charge is 2.31. The molecule has 1 saturated heterocycles. The Morgan fingerprint density at radius 2 is 2.04 bits per heavy atom. The number of carbonyl (C=O) groups is 1. The van der Waals surface area contributed by atoms with Crippen LogP contribution in [0.2, 0.25) is 0 Å². The monoisotopic (exact) mass is 368 g/mol. The Bertz CT molecular complexity index is 930. The average Bonchev–Trinajstić information content (AvgIpc) is 3.10. The lowest BCUT2D eigenvalue weighted by atomic mass is 9.83. The van der Waals surface area contributed by atoms with Gasteiger partial charge in [0.2, 0.25) is 0 Å². The zero-order valence-corrected chi connectivity index (χ0v) is 15.4. The number of rotatable bonds is 1. The van der Waals surface area contributed by atoms with E-state index in [9.17, 15) is 4.79 Å². The van der Waals surface area contributed by atoms with E-state index in [1.165, 1.54) is 17.7 Å². The van der Waals surface area contributed by atoms with Gasteiger partial charge in [0.25, 0.3) is 11.5 Å². The predicted octanol–water partition coefficient (Wildman–Crippen LogP) is 2.25. The van der Waals surface area contributed by atoms with E-state index >= 15 is 0 Å². The van der Waals surface area contributed by atoms with Gasteiger partial charge in [-0.25, -0.2) is 0 Å². The third kappa shape index (κ3) is 3.62. The fourth-order valence-electron chi connectivity index (χ4n) is 4.32. The number of nitrogens with one attached hydrogen (secondary N) is 1. The second kappa shape index (κ2) is 7.19. The SMILES string of the molecule is CC(=O)O.O=c1cc(-c2ccc3c(c2)OCC3)cc2n1C[C@@H]1CNC[C@H]2C1. The van der Waals surface area contributed by atoms with Crippen LogP contribution in [0.5, 0.6) is 5.75 Å². The lowest BCUT2D eigenvalue weighted by molar-refractivity contribution is -0.134. The topological polar surface area (TPSA) is 80.6 Å². The van der Waals surface area contributed by atoms with Crippen molar-refractivity contribution >= 4 is 5.97 Å². The van der Waals surface area contributed by atoms with Gasteiger partial charge < -0.3 is 19.7 Å². The molecule has 2 atom stereocenters. The minimum absolute atomic E-state index is 0.135. The van der Waals surface area contributed by atoms with E-state index in [2.05, 4.69) is 29.6 Å². The summed E-state index contributed by atoms with van der Waals surface area (Å²) in [5.41, 5.74) is 4.69. The van der Waals surface area contributed by atoms with E-state index in [0.717, 1.165) is 56.5 Å². The van der Waals surface area contributed by atoms with E-state index in [0.29, 0.717) is 11.8 Å². The molecule has 4 heterocycles. The molecule has 6 nitrogen and oxygen atoms in total. The van der Waals surface area contributed by atoms with Crippen LogP contribution in [0.15, 0.2) is 35.1 Å². The van der Waals surface area contributed by atoms with Crippen LogP contribution in [0.3, 0.4) is 0 Å². The van der Waals surface area contributed by atoms with Crippen molar-refractivity contribution in [1.29, 1.82) is 0 Å². The maximum atomic E-state index is 12.6. The maximum Gasteiger partial charge on any atom is 0.300 e. The number of ether oxygens (including phenoxy) is 1. The molecule has 2 aromatic rings. The van der Waals surface area contributed by atoms with E-state index in [1.807, 2.05) is 4.57 Å². The molecule has 1 aromatic carbocycles. The number of carboxylic acid groups (broad SMARTS) is 1. The molecule has 142 valence electrons. The molecule has 2 bridgehead atoms. The molecule has 0 spiro atoms. The predicted molar refractivity (Wildman–Crippen MR) is 102 cm³/mol. The lowest BCUT2D eigenvalue weighted by Crippen LogP contribution is -2.44. The van der Waals surface area contributed by atoms with Crippen LogP contribution in [0.1, 0.15) is 30.5 Å². The Balaban J connectivity index is 0.000000413. The van der Waals surface area contributed by atoms with Crippen molar-refractivity contribution in [2.45, 2.75) is 32.2 Å². The number of aromatic nitrogens is 1. The fraction of sp³-hybridized carbons (Fsp3) is 0.429. The zero-order valence-electron chi connectivity index (χ0n) is 15.4. The molecule has 0 unspecified atom stereocenters. The fourth-order valence-corrected chi connectivity index (χ4v) is 4.32. The van der Waals surface area contributed by atoms with Crippen molar-refractivity contribution in [3.05, 3.63) is 51.9 Å². The summed E-state index contributed by atoms with van der Waals surface area (Å²) in [6.07, 6.45) is 2.18. The van der Waals surface area contributed by atoms with E-state index in [-0.39, 0.29) is 5.56 Å². The summed E-state index contributed by atoms with van der Waals surface area (Å²) in [5.74, 6) is 1.19. The first-order valence-corrected chi connectivity index (χ1v) is 9.42. The lowest BCUT2D eigenvalue weighted by Gasteiger charge is -2.37. The standard InChI is InChI=1S/C19H20N2O2.C2H4O2/c22-19-8-15(14-2-1-13-3-4-23-18(13)7-14)6-17-16-5-12(9-20-10-16)11-21(17)19;1-2(3)4/h1-2,6-8,12,16,20H,3-5,9-11H2;1H3,(H,3,4)/t12-,16+;/m0./s1. The molecule has 0 radical (unpaired) electrons. The van der Waals surface area contributed by atoms with Crippen molar-refractivity contribution in [1.82, 2.24) is 9.88 Å². The molecule has 0 saturated carbocycles. The van der Waals surface area contributed by atoms with Crippen molar-refractivity contribution in [3.8, 4) is 16.9 Å². The van der Waals surface area contributed by atoms with Gasteiger partial charge in [-0.1, -0.05) is 12.1 Å². The third-order valence-electron chi connectivity index (χ3n) is 5.49. The van der Waals surface area contributed by atoms with Crippen molar-refractivity contribution in [3.63, 3.8) is 0 Å². The molecule has 27 heavy (non-hydrogen) atoms. The molecule has 3 aliphatic rings. The molecule has 0 aliphatic carbocycles. The van der Waals surface area contributed by atoms with Crippen LogP contribution in [0, 0.1) is 5.92 Å². The van der Waals surface area contributed by atoms with Crippen molar-refractivity contribution in [2.75, 3.05) is 19.7 Å². The van der Waals surface area contributed by atoms with Crippen LogP contribution in [-0.2, 0) is 17.8 Å². The van der Waals surface area contributed by atoms with Gasteiger partial charge in [0.1, 0.15) is 5.75 Å². The second-order valence-electron chi connectivity index (χ2n) is 7.51. The zero-order chi connectivity index (χ0) is 19.0. The van der Waals surface area contributed by atoms with Gasteiger partial charge >= 0.3 is 0 Å². The van der Waals surface area contributed by atoms with Gasteiger partial charge in [-0.15, -0.1) is 0 Å². The third-order valence-corrected chi connectivity index (χ3v) is 5.49. The Kier molecular flexibility index (Phi) is 4.74. The Morgan fingerprint density at radius 3 is 2.85 bits per heavy atom. The summed E-state index contributed by atoms with van der Waals surface area (Å²) in [5, 5.41) is 10.9. The molecule has 1 fully saturated rings. The van der Waals surface area contributed by atoms with Gasteiger partial charge in [-0.2, -0.15) is 0 Å². The average molecular weight is 368 g/mol. The molecular weight excluding hydrogens is 344 g/mol. The van der Waals surface area contributed by atoms with E-state index in [4.69, 9.17) is 14.6 Å². The Hall–Kier alpha value is -2.60. The van der Waals surface area contributed by atoms with Crippen molar-refractivity contribution in [2.24, 2.45) is 5.92 Å². The highest BCUT2D eigenvalue weighted by molar-refractivity contribution is 5.67. The van der Waals surface area contributed by atoms with E-state index in [1.54, 1.807) is 6.07 Å². The normalized spacial score (nSPS) is 22.0. The van der Waals surface area contributed by atoms with Gasteiger partial charge in [0, 0.05) is 44.1 Å². The summed E-state index contributed by atoms with van der Waals surface area (Å²) in [4.78, 5) is 21.6. The first-order chi connectivity index (χ1) is 13.0. The largest absolute Gasteiger partial charge is 0.493 e. The first-order valence-electron chi connectivity index (χ1n) is 9.42. The number of piperidine rings is 1. The molecule has 3 aliphatic heterocycles. The number of benzene rings is 1. The Labute approximate surface area is 157 Å². The molecular formula is C21H24N2O4. The molecule has 5 rings (SSSR count). The summed E-state index contributed by atoms with van der Waals surface area (Å²) in [6.45, 7) is 4.71. The second-order valence-corrected chi connectivity index (χ2v) is 7.51. The number of aliphatic carboxylic acids is 1. The number of carboxylic acids is 1. The number of nitrogens with zero attached hydrogens (tertiary/aromatic N) is 1. The summed E-state index contributed by atoms with van der Waals surface area (Å²) in [7, 11) is 0. The summed E-state index contributed by atoms with van der Waals surface area (Å²) in [6, 6.07) is 10.3. The maximum absolute atomic E-state index is 12.6. The number of pyridine rings is 1. The molecule has 0 amide bonds. The van der Waals surface area contributed by atoms with Gasteiger partial charge in [-0.3, -0.25) is 9.59 Å². The van der Waals surface area contributed by atoms with Gasteiger partial charge in [0.15, 0.2) is 0 Å². The molecule has 6 heteroatoms.